The molecule has 0 aromatic carbocycles. The number of pyridine rings is 1. The Morgan fingerprint density at radius 2 is 1.80 bits per heavy atom. The third kappa shape index (κ3) is 5.48. The number of aliphatic carboxylic acids is 1. The van der Waals surface area contributed by atoms with Gasteiger partial charge < -0.3 is 15.3 Å². The van der Waals surface area contributed by atoms with Crippen molar-refractivity contribution in [2.24, 2.45) is 5.92 Å². The van der Waals surface area contributed by atoms with Crippen molar-refractivity contribution in [2.75, 3.05) is 18.0 Å². The monoisotopic (exact) mass is 431 g/mol. The Balaban J connectivity index is 1.50. The highest BCUT2D eigenvalue weighted by Crippen LogP contribution is 2.37. The molecule has 7 heteroatoms. The molecule has 3 fully saturated rings. The first-order valence-corrected chi connectivity index (χ1v) is 12.4. The summed E-state index contributed by atoms with van der Waals surface area (Å²) in [6.07, 6.45) is 11.8. The maximum absolute atomic E-state index is 13.1. The molecule has 2 heterocycles. The molecule has 1 aliphatic heterocycles. The van der Waals surface area contributed by atoms with Gasteiger partial charge in [0, 0.05) is 30.8 Å². The standard InChI is InChI=1S/C23H33N3O3S/c27-21(28)14-16-12-13-26(15-16)20-11-10-19(22(29)24-17-6-2-1-3-7-17)23(25-20)30-18-8-4-5-9-18/h10-11,16-18H,1-9,12-15H2,(H,24,29)(H,27,28)/t16-/m0/s1. The molecule has 2 aliphatic carbocycles. The molecule has 164 valence electrons. The molecule has 2 N–H and O–H groups in total. The molecule has 2 saturated carbocycles. The summed E-state index contributed by atoms with van der Waals surface area (Å²) >= 11 is 1.76. The SMILES string of the molecule is O=C(O)C[C@@H]1CCN(c2ccc(C(=O)NC3CCCCC3)c(SC3CCCC3)n2)C1. The number of anilines is 1. The van der Waals surface area contributed by atoms with E-state index in [9.17, 15) is 9.59 Å². The van der Waals surface area contributed by atoms with E-state index in [1.807, 2.05) is 12.1 Å². The second kappa shape index (κ2) is 10.0. The molecule has 0 radical (unpaired) electrons. The van der Waals surface area contributed by atoms with Crippen LogP contribution in [0.15, 0.2) is 17.2 Å². The van der Waals surface area contributed by atoms with E-state index in [0.717, 1.165) is 43.2 Å². The topological polar surface area (TPSA) is 82.5 Å². The van der Waals surface area contributed by atoms with Gasteiger partial charge in [0.15, 0.2) is 0 Å². The van der Waals surface area contributed by atoms with Crippen LogP contribution in [0.5, 0.6) is 0 Å². The number of aromatic nitrogens is 1. The first-order chi connectivity index (χ1) is 14.6. The molecule has 3 aliphatic rings. The van der Waals surface area contributed by atoms with Crippen LogP contribution in [0.2, 0.25) is 0 Å². The van der Waals surface area contributed by atoms with Gasteiger partial charge >= 0.3 is 5.97 Å². The maximum Gasteiger partial charge on any atom is 0.303 e. The minimum absolute atomic E-state index is 0.00613. The second-order valence-corrected chi connectivity index (χ2v) is 10.3. The lowest BCUT2D eigenvalue weighted by atomic mass is 9.95. The summed E-state index contributed by atoms with van der Waals surface area (Å²) in [6.45, 7) is 1.55. The number of carboxylic acids is 1. The fourth-order valence-electron chi connectivity index (χ4n) is 5.00. The first-order valence-electron chi connectivity index (χ1n) is 11.5. The van der Waals surface area contributed by atoms with Crippen LogP contribution >= 0.6 is 11.8 Å². The van der Waals surface area contributed by atoms with E-state index in [1.54, 1.807) is 11.8 Å². The molecule has 6 nitrogen and oxygen atoms in total. The number of nitrogens with one attached hydrogen (secondary N) is 1. The molecule has 1 aromatic rings. The number of carbonyl (C=O) groups is 2. The molecule has 30 heavy (non-hydrogen) atoms. The lowest BCUT2D eigenvalue weighted by Gasteiger charge is -2.24. The smallest absolute Gasteiger partial charge is 0.303 e. The van der Waals surface area contributed by atoms with Gasteiger partial charge in [-0.05, 0) is 50.2 Å². The Morgan fingerprint density at radius 1 is 1.07 bits per heavy atom. The maximum atomic E-state index is 13.1. The summed E-state index contributed by atoms with van der Waals surface area (Å²) in [5.74, 6) is 0.316. The number of hydrogen-bond donors (Lipinski definition) is 2. The van der Waals surface area contributed by atoms with Crippen LogP contribution in [0.4, 0.5) is 5.82 Å². The summed E-state index contributed by atoms with van der Waals surface area (Å²) in [6, 6.07) is 4.16. The highest BCUT2D eigenvalue weighted by molar-refractivity contribution is 7.99. The zero-order chi connectivity index (χ0) is 20.9. The lowest BCUT2D eigenvalue weighted by molar-refractivity contribution is -0.137. The van der Waals surface area contributed by atoms with Crippen LogP contribution in [-0.4, -0.2) is 46.3 Å². The fraction of sp³-hybridized carbons (Fsp3) is 0.696. The minimum Gasteiger partial charge on any atom is -0.481 e. The molecular weight excluding hydrogens is 398 g/mol. The van der Waals surface area contributed by atoms with Crippen LogP contribution in [0, 0.1) is 5.92 Å². The Morgan fingerprint density at radius 3 is 2.53 bits per heavy atom. The van der Waals surface area contributed by atoms with Crippen LogP contribution in [-0.2, 0) is 4.79 Å². The van der Waals surface area contributed by atoms with E-state index in [-0.39, 0.29) is 24.3 Å². The van der Waals surface area contributed by atoms with E-state index in [1.165, 1.54) is 44.9 Å². The molecular formula is C23H33N3O3S. The third-order valence-electron chi connectivity index (χ3n) is 6.68. The average molecular weight is 432 g/mol. The minimum atomic E-state index is -0.734. The number of hydrogen-bond acceptors (Lipinski definition) is 5. The van der Waals surface area contributed by atoms with Crippen molar-refractivity contribution in [3.63, 3.8) is 0 Å². The Labute approximate surface area is 183 Å². The zero-order valence-electron chi connectivity index (χ0n) is 17.6. The summed E-state index contributed by atoms with van der Waals surface area (Å²) in [7, 11) is 0. The average Bonchev–Trinajstić information content (AvgIpc) is 3.40. The van der Waals surface area contributed by atoms with Gasteiger partial charge in [0.1, 0.15) is 10.8 Å². The summed E-state index contributed by atoms with van der Waals surface area (Å²) in [5.41, 5.74) is 0.697. The predicted molar refractivity (Wildman–Crippen MR) is 119 cm³/mol. The van der Waals surface area contributed by atoms with Crippen LogP contribution in [0.25, 0.3) is 0 Å². The van der Waals surface area contributed by atoms with E-state index in [2.05, 4.69) is 10.2 Å². The Hall–Kier alpha value is -1.76. The van der Waals surface area contributed by atoms with Crippen LogP contribution in [0.3, 0.4) is 0 Å². The molecule has 0 unspecified atom stereocenters. The Kier molecular flexibility index (Phi) is 7.18. The third-order valence-corrected chi connectivity index (χ3v) is 8.02. The van der Waals surface area contributed by atoms with Crippen molar-refractivity contribution in [1.29, 1.82) is 0 Å². The van der Waals surface area contributed by atoms with Gasteiger partial charge in [-0.2, -0.15) is 0 Å². The summed E-state index contributed by atoms with van der Waals surface area (Å²) in [5, 5.41) is 13.7. The zero-order valence-corrected chi connectivity index (χ0v) is 18.5. The van der Waals surface area contributed by atoms with Crippen molar-refractivity contribution in [3.8, 4) is 0 Å². The fourth-order valence-corrected chi connectivity index (χ4v) is 6.32. The van der Waals surface area contributed by atoms with Gasteiger partial charge in [-0.25, -0.2) is 4.98 Å². The lowest BCUT2D eigenvalue weighted by Crippen LogP contribution is -2.36. The summed E-state index contributed by atoms with van der Waals surface area (Å²) < 4.78 is 0. The van der Waals surface area contributed by atoms with E-state index in [4.69, 9.17) is 10.1 Å². The van der Waals surface area contributed by atoms with Crippen molar-refractivity contribution in [3.05, 3.63) is 17.7 Å². The number of carbonyl (C=O) groups excluding carboxylic acids is 1. The van der Waals surface area contributed by atoms with Crippen LogP contribution < -0.4 is 10.2 Å². The van der Waals surface area contributed by atoms with Crippen LogP contribution in [0.1, 0.15) is 81.0 Å². The molecule has 1 atom stereocenters. The number of rotatable bonds is 7. The second-order valence-electron chi connectivity index (χ2n) is 9.05. The first kappa shape index (κ1) is 21.5. The molecule has 0 bridgehead atoms. The highest BCUT2D eigenvalue weighted by Gasteiger charge is 2.28. The van der Waals surface area contributed by atoms with Crippen molar-refractivity contribution < 1.29 is 14.7 Å². The number of amides is 1. The van der Waals surface area contributed by atoms with E-state index in [0.29, 0.717) is 10.8 Å². The van der Waals surface area contributed by atoms with Gasteiger partial charge in [-0.15, -0.1) is 11.8 Å². The van der Waals surface area contributed by atoms with Crippen molar-refractivity contribution in [1.82, 2.24) is 10.3 Å². The number of carboxylic acid groups (broad SMARTS) is 1. The predicted octanol–water partition coefficient (Wildman–Crippen LogP) is 4.48. The van der Waals surface area contributed by atoms with Gasteiger partial charge in [-0.1, -0.05) is 32.1 Å². The quantitative estimate of drug-likeness (QED) is 0.662. The van der Waals surface area contributed by atoms with Gasteiger partial charge in [0.2, 0.25) is 0 Å². The molecule has 0 spiro atoms. The normalized spacial score (nSPS) is 23.1. The largest absolute Gasteiger partial charge is 0.481 e. The highest BCUT2D eigenvalue weighted by atomic mass is 32.2. The van der Waals surface area contributed by atoms with Gasteiger partial charge in [0.05, 0.1) is 5.56 Å². The van der Waals surface area contributed by atoms with Gasteiger partial charge in [0.25, 0.3) is 5.91 Å². The molecule has 1 aromatic heterocycles. The molecule has 1 amide bonds. The van der Waals surface area contributed by atoms with Crippen molar-refractivity contribution in [2.45, 2.75) is 86.9 Å². The molecule has 1 saturated heterocycles. The van der Waals surface area contributed by atoms with E-state index < -0.39 is 5.97 Å². The van der Waals surface area contributed by atoms with Gasteiger partial charge in [-0.3, -0.25) is 9.59 Å². The Bertz CT molecular complexity index is 760. The van der Waals surface area contributed by atoms with Crippen molar-refractivity contribution >= 4 is 29.5 Å². The van der Waals surface area contributed by atoms with E-state index >= 15 is 0 Å². The number of thioether (sulfide) groups is 1. The number of nitrogens with zero attached hydrogens (tertiary/aromatic N) is 2. The summed E-state index contributed by atoms with van der Waals surface area (Å²) in [4.78, 5) is 31.2. The molecule has 4 rings (SSSR count).